The van der Waals surface area contributed by atoms with Gasteiger partial charge in [-0.25, -0.2) is 8.42 Å². The van der Waals surface area contributed by atoms with Gasteiger partial charge in [-0.05, 0) is 76.6 Å². The van der Waals surface area contributed by atoms with Crippen molar-refractivity contribution < 1.29 is 22.7 Å². The van der Waals surface area contributed by atoms with E-state index in [-0.39, 0.29) is 23.0 Å². The van der Waals surface area contributed by atoms with Gasteiger partial charge in [0.2, 0.25) is 11.8 Å². The van der Waals surface area contributed by atoms with Gasteiger partial charge in [-0.15, -0.1) is 0 Å². The van der Waals surface area contributed by atoms with Gasteiger partial charge in [-0.3, -0.25) is 13.9 Å². The van der Waals surface area contributed by atoms with Crippen LogP contribution in [0.4, 0.5) is 5.69 Å². The van der Waals surface area contributed by atoms with Gasteiger partial charge in [0.25, 0.3) is 10.0 Å². The number of anilines is 1. The van der Waals surface area contributed by atoms with Crippen molar-refractivity contribution in [3.8, 4) is 5.75 Å². The van der Waals surface area contributed by atoms with Crippen LogP contribution in [0.5, 0.6) is 5.75 Å². The Morgan fingerprint density at radius 1 is 0.950 bits per heavy atom. The largest absolute Gasteiger partial charge is 0.492 e. The zero-order valence-corrected chi connectivity index (χ0v) is 25.0. The maximum atomic E-state index is 14.0. The Labute approximate surface area is 241 Å². The van der Waals surface area contributed by atoms with Gasteiger partial charge in [-0.1, -0.05) is 54.1 Å². The monoisotopic (exact) mass is 585 g/mol. The van der Waals surface area contributed by atoms with Gasteiger partial charge in [-0.2, -0.15) is 0 Å². The fourth-order valence-corrected chi connectivity index (χ4v) is 5.58. The zero-order valence-electron chi connectivity index (χ0n) is 23.4. The van der Waals surface area contributed by atoms with Gasteiger partial charge in [0.1, 0.15) is 18.3 Å². The summed E-state index contributed by atoms with van der Waals surface area (Å²) in [6.07, 6.45) is 0. The first-order valence-electron chi connectivity index (χ1n) is 13.0. The third-order valence-electron chi connectivity index (χ3n) is 5.98. The molecule has 3 aromatic carbocycles. The molecule has 0 aliphatic heterocycles. The molecule has 0 aliphatic rings. The van der Waals surface area contributed by atoms with Gasteiger partial charge < -0.3 is 15.0 Å². The van der Waals surface area contributed by atoms with E-state index in [2.05, 4.69) is 5.32 Å². The van der Waals surface area contributed by atoms with Crippen LogP contribution in [0.15, 0.2) is 83.8 Å². The van der Waals surface area contributed by atoms with Crippen LogP contribution in [-0.4, -0.2) is 49.9 Å². The van der Waals surface area contributed by atoms with Crippen LogP contribution in [0.25, 0.3) is 0 Å². The highest BCUT2D eigenvalue weighted by molar-refractivity contribution is 7.92. The van der Waals surface area contributed by atoms with Gasteiger partial charge in [0.05, 0.1) is 17.2 Å². The smallest absolute Gasteiger partial charge is 0.264 e. The maximum Gasteiger partial charge on any atom is 0.264 e. The fraction of sp³-hybridized carbons (Fsp3) is 0.333. The summed E-state index contributed by atoms with van der Waals surface area (Å²) >= 11 is 6.01. The number of carbonyl (C=O) groups excluding carboxylic acids is 2. The molecule has 214 valence electrons. The van der Waals surface area contributed by atoms with Crippen LogP contribution in [0.1, 0.15) is 40.2 Å². The number of rotatable bonds is 11. The SMILES string of the molecule is CCOc1ccccc1N(CC(=O)N(Cc1ccccc1)[C@H](C)C(=O)NC(C)(C)C)S(=O)(=O)c1ccc(Cl)cc1. The second kappa shape index (κ2) is 13.2. The average Bonchev–Trinajstić information content (AvgIpc) is 2.90. The number of carbonyl (C=O) groups is 2. The molecule has 10 heteroatoms. The third-order valence-corrected chi connectivity index (χ3v) is 8.00. The predicted octanol–water partition coefficient (Wildman–Crippen LogP) is 5.27. The van der Waals surface area contributed by atoms with Crippen molar-refractivity contribution in [1.82, 2.24) is 10.2 Å². The van der Waals surface area contributed by atoms with E-state index in [0.717, 1.165) is 9.87 Å². The van der Waals surface area contributed by atoms with Crippen LogP contribution in [0.2, 0.25) is 5.02 Å². The first kappa shape index (κ1) is 31.0. The van der Waals surface area contributed by atoms with E-state index in [9.17, 15) is 18.0 Å². The lowest BCUT2D eigenvalue weighted by Crippen LogP contribution is -2.54. The summed E-state index contributed by atoms with van der Waals surface area (Å²) < 4.78 is 34.7. The highest BCUT2D eigenvalue weighted by Crippen LogP contribution is 2.33. The summed E-state index contributed by atoms with van der Waals surface area (Å²) in [6, 6.07) is 20.7. The van der Waals surface area contributed by atoms with E-state index in [1.807, 2.05) is 51.1 Å². The van der Waals surface area contributed by atoms with Crippen LogP contribution < -0.4 is 14.4 Å². The first-order chi connectivity index (χ1) is 18.8. The van der Waals surface area contributed by atoms with E-state index >= 15 is 0 Å². The third kappa shape index (κ3) is 7.99. The summed E-state index contributed by atoms with van der Waals surface area (Å²) in [6.45, 7) is 8.83. The molecule has 1 N–H and O–H groups in total. The number of sulfonamides is 1. The summed E-state index contributed by atoms with van der Waals surface area (Å²) in [7, 11) is -4.24. The molecular formula is C30H36ClN3O5S. The van der Waals surface area contributed by atoms with Crippen molar-refractivity contribution in [2.75, 3.05) is 17.5 Å². The minimum atomic E-state index is -4.24. The average molecular weight is 586 g/mol. The Balaban J connectivity index is 2.08. The Bertz CT molecular complexity index is 1410. The van der Waals surface area contributed by atoms with Crippen molar-refractivity contribution in [1.29, 1.82) is 0 Å². The molecule has 3 aromatic rings. The van der Waals surface area contributed by atoms with Crippen molar-refractivity contribution in [2.24, 2.45) is 0 Å². The molecule has 0 fully saturated rings. The highest BCUT2D eigenvalue weighted by Gasteiger charge is 2.34. The van der Waals surface area contributed by atoms with Crippen LogP contribution in [0, 0.1) is 0 Å². The number of benzene rings is 3. The molecule has 0 radical (unpaired) electrons. The number of halogens is 1. The molecule has 40 heavy (non-hydrogen) atoms. The minimum absolute atomic E-state index is 0.0378. The fourth-order valence-electron chi connectivity index (χ4n) is 4.02. The van der Waals surface area contributed by atoms with Crippen LogP contribution in [-0.2, 0) is 26.2 Å². The van der Waals surface area contributed by atoms with Crippen molar-refractivity contribution >= 4 is 39.1 Å². The lowest BCUT2D eigenvalue weighted by Gasteiger charge is -2.33. The molecule has 0 saturated heterocycles. The second-order valence-electron chi connectivity index (χ2n) is 10.3. The second-order valence-corrected chi connectivity index (χ2v) is 12.6. The van der Waals surface area contributed by atoms with Crippen molar-refractivity contribution in [3.63, 3.8) is 0 Å². The molecule has 0 spiro atoms. The predicted molar refractivity (Wildman–Crippen MR) is 158 cm³/mol. The Morgan fingerprint density at radius 2 is 1.55 bits per heavy atom. The van der Waals surface area contributed by atoms with E-state index in [0.29, 0.717) is 17.4 Å². The number of hydrogen-bond acceptors (Lipinski definition) is 5. The molecule has 0 aromatic heterocycles. The lowest BCUT2D eigenvalue weighted by atomic mass is 10.1. The molecule has 0 saturated carbocycles. The van der Waals surface area contributed by atoms with E-state index in [1.54, 1.807) is 38.1 Å². The minimum Gasteiger partial charge on any atom is -0.492 e. The normalized spacial score (nSPS) is 12.3. The van der Waals surface area contributed by atoms with Gasteiger partial charge in [0.15, 0.2) is 0 Å². The molecule has 0 heterocycles. The molecular weight excluding hydrogens is 550 g/mol. The topological polar surface area (TPSA) is 96.0 Å². The molecule has 3 rings (SSSR count). The summed E-state index contributed by atoms with van der Waals surface area (Å²) in [4.78, 5) is 28.5. The van der Waals surface area contributed by atoms with Crippen LogP contribution >= 0.6 is 11.6 Å². The summed E-state index contributed by atoms with van der Waals surface area (Å²) in [5.74, 6) is -0.591. The van der Waals surface area contributed by atoms with E-state index < -0.39 is 34.1 Å². The number of nitrogens with one attached hydrogen (secondary N) is 1. The molecule has 1 atom stereocenters. The van der Waals surface area contributed by atoms with Crippen LogP contribution in [0.3, 0.4) is 0 Å². The van der Waals surface area contributed by atoms with Crippen molar-refractivity contribution in [3.05, 3.63) is 89.4 Å². The zero-order chi connectivity index (χ0) is 29.5. The molecule has 0 unspecified atom stereocenters. The Kier molecular flexibility index (Phi) is 10.2. The number of hydrogen-bond donors (Lipinski definition) is 1. The quantitative estimate of drug-likeness (QED) is 0.331. The molecule has 2 amide bonds. The first-order valence-corrected chi connectivity index (χ1v) is 14.8. The summed E-state index contributed by atoms with van der Waals surface area (Å²) in [5, 5.41) is 3.29. The standard InChI is InChI=1S/C30H36ClN3O5S/c1-6-39-27-15-11-10-14-26(27)34(40(37,38)25-18-16-24(31)17-19-25)21-28(35)33(20-23-12-8-7-9-13-23)22(2)29(36)32-30(3,4)5/h7-19,22H,6,20-21H2,1-5H3,(H,32,36)/t22-/m1/s1. The van der Waals surface area contributed by atoms with Gasteiger partial charge in [0, 0.05) is 17.1 Å². The van der Waals surface area contributed by atoms with Crippen molar-refractivity contribution in [2.45, 2.75) is 57.6 Å². The number of amides is 2. The maximum absolute atomic E-state index is 14.0. The number of ether oxygens (including phenoxy) is 1. The Morgan fingerprint density at radius 3 is 2.15 bits per heavy atom. The van der Waals surface area contributed by atoms with Gasteiger partial charge >= 0.3 is 0 Å². The number of para-hydroxylation sites is 2. The molecule has 0 aliphatic carbocycles. The Hall–Kier alpha value is -3.56. The molecule has 8 nitrogen and oxygen atoms in total. The summed E-state index contributed by atoms with van der Waals surface area (Å²) in [5.41, 5.74) is 0.486. The highest BCUT2D eigenvalue weighted by atomic mass is 35.5. The van der Waals surface area contributed by atoms with E-state index in [4.69, 9.17) is 16.3 Å². The lowest BCUT2D eigenvalue weighted by molar-refractivity contribution is -0.140. The van der Waals surface area contributed by atoms with E-state index in [1.165, 1.54) is 29.2 Å². The number of nitrogens with zero attached hydrogens (tertiary/aromatic N) is 2. The molecule has 0 bridgehead atoms.